The molecule has 0 spiro atoms. The molecule has 0 amide bonds. The van der Waals surface area contributed by atoms with E-state index in [1.54, 1.807) is 0 Å². The first-order chi connectivity index (χ1) is 7.76. The lowest BCUT2D eigenvalue weighted by Gasteiger charge is -2.00. The zero-order chi connectivity index (χ0) is 11.5. The van der Waals surface area contributed by atoms with Crippen molar-refractivity contribution in [2.75, 3.05) is 6.61 Å². The Labute approximate surface area is 96.3 Å². The Hall–Kier alpha value is -1.28. The predicted molar refractivity (Wildman–Crippen MR) is 67.8 cm³/mol. The van der Waals surface area contributed by atoms with Crippen LogP contribution < -0.4 is 0 Å². The summed E-state index contributed by atoms with van der Waals surface area (Å²) in [5.74, 6) is 0. The minimum atomic E-state index is 0.261. The van der Waals surface area contributed by atoms with Crippen LogP contribution in [0.2, 0.25) is 0 Å². The Morgan fingerprint density at radius 1 is 1.31 bits per heavy atom. The van der Waals surface area contributed by atoms with E-state index >= 15 is 0 Å². The first kappa shape index (κ1) is 11.2. The molecule has 16 heavy (non-hydrogen) atoms. The zero-order valence-corrected chi connectivity index (χ0v) is 10.0. The molecule has 0 aliphatic heterocycles. The predicted octanol–water partition coefficient (Wildman–Crippen LogP) is 2.96. The number of hydrogen-bond acceptors (Lipinski definition) is 1. The van der Waals surface area contributed by atoms with E-state index in [0.29, 0.717) is 0 Å². The molecule has 2 heteroatoms. The maximum Gasteiger partial charge on any atom is 0.0459 e. The number of aliphatic hydroxyl groups excluding tert-OH is 1. The van der Waals surface area contributed by atoms with Gasteiger partial charge in [0.05, 0.1) is 0 Å². The highest BCUT2D eigenvalue weighted by atomic mass is 16.2. The smallest absolute Gasteiger partial charge is 0.0459 e. The lowest BCUT2D eigenvalue weighted by atomic mass is 10.0. The fourth-order valence-corrected chi connectivity index (χ4v) is 2.29. The summed E-state index contributed by atoms with van der Waals surface area (Å²) in [4.78, 5) is 3.47. The number of fused-ring (bicyclic) bond motifs is 1. The van der Waals surface area contributed by atoms with Crippen molar-refractivity contribution in [3.05, 3.63) is 35.0 Å². The van der Waals surface area contributed by atoms with E-state index < -0.39 is 0 Å². The number of aromatic nitrogens is 1. The quantitative estimate of drug-likeness (QED) is 0.811. The molecule has 0 bridgehead atoms. The van der Waals surface area contributed by atoms with Crippen molar-refractivity contribution in [1.82, 2.24) is 4.98 Å². The Kier molecular flexibility index (Phi) is 3.30. The van der Waals surface area contributed by atoms with Crippen molar-refractivity contribution in [3.63, 3.8) is 0 Å². The van der Waals surface area contributed by atoms with Crippen molar-refractivity contribution in [2.24, 2.45) is 0 Å². The molecule has 2 nitrogen and oxygen atoms in total. The third-order valence-corrected chi connectivity index (χ3v) is 3.09. The minimum Gasteiger partial charge on any atom is -0.396 e. The van der Waals surface area contributed by atoms with E-state index in [0.717, 1.165) is 19.3 Å². The summed E-state index contributed by atoms with van der Waals surface area (Å²) in [6.45, 7) is 4.57. The summed E-state index contributed by atoms with van der Waals surface area (Å²) < 4.78 is 0. The molecule has 1 heterocycles. The second kappa shape index (κ2) is 4.71. The second-order valence-corrected chi connectivity index (χ2v) is 4.31. The van der Waals surface area contributed by atoms with Crippen LogP contribution in [0.5, 0.6) is 0 Å². The van der Waals surface area contributed by atoms with Gasteiger partial charge in [0.1, 0.15) is 0 Å². The van der Waals surface area contributed by atoms with Crippen molar-refractivity contribution in [2.45, 2.75) is 33.1 Å². The molecule has 0 radical (unpaired) electrons. The molecule has 2 rings (SSSR count). The standard InChI is InChI=1S/C14H19NO/c1-3-11-12-9-10(2)6-7-14(12)15-13(11)5-4-8-16/h6-7,9,15-16H,3-5,8H2,1-2H3. The van der Waals surface area contributed by atoms with Gasteiger partial charge < -0.3 is 10.1 Å². The average molecular weight is 217 g/mol. The topological polar surface area (TPSA) is 36.0 Å². The van der Waals surface area contributed by atoms with Gasteiger partial charge in [0.2, 0.25) is 0 Å². The largest absolute Gasteiger partial charge is 0.396 e. The molecule has 0 atom stereocenters. The fraction of sp³-hybridized carbons (Fsp3) is 0.429. The van der Waals surface area contributed by atoms with E-state index in [1.807, 2.05) is 0 Å². The molecule has 0 aliphatic carbocycles. The Balaban J connectivity index is 2.49. The number of aromatic amines is 1. The van der Waals surface area contributed by atoms with Crippen LogP contribution >= 0.6 is 0 Å². The summed E-state index contributed by atoms with van der Waals surface area (Å²) in [6, 6.07) is 6.52. The molecule has 2 N–H and O–H groups in total. The molecular formula is C14H19NO. The van der Waals surface area contributed by atoms with E-state index in [2.05, 4.69) is 37.0 Å². The average Bonchev–Trinajstić information content (AvgIpc) is 2.63. The van der Waals surface area contributed by atoms with E-state index in [9.17, 15) is 0 Å². The summed E-state index contributed by atoms with van der Waals surface area (Å²) >= 11 is 0. The van der Waals surface area contributed by atoms with Crippen LogP contribution in [0.4, 0.5) is 0 Å². The second-order valence-electron chi connectivity index (χ2n) is 4.31. The van der Waals surface area contributed by atoms with Crippen molar-refractivity contribution >= 4 is 10.9 Å². The first-order valence-electron chi connectivity index (χ1n) is 5.97. The Bertz CT molecular complexity index is 485. The van der Waals surface area contributed by atoms with Crippen LogP contribution in [0.15, 0.2) is 18.2 Å². The van der Waals surface area contributed by atoms with Crippen LogP contribution in [-0.4, -0.2) is 16.7 Å². The van der Waals surface area contributed by atoms with Crippen LogP contribution in [0.3, 0.4) is 0 Å². The number of aryl methyl sites for hydroxylation is 3. The van der Waals surface area contributed by atoms with Crippen LogP contribution in [-0.2, 0) is 12.8 Å². The van der Waals surface area contributed by atoms with Gasteiger partial charge in [0.25, 0.3) is 0 Å². The van der Waals surface area contributed by atoms with Gasteiger partial charge in [-0.2, -0.15) is 0 Å². The van der Waals surface area contributed by atoms with Gasteiger partial charge in [-0.3, -0.25) is 0 Å². The van der Waals surface area contributed by atoms with Gasteiger partial charge in [0.15, 0.2) is 0 Å². The molecule has 2 aromatic rings. The normalized spacial score (nSPS) is 11.2. The molecule has 0 saturated heterocycles. The third-order valence-electron chi connectivity index (χ3n) is 3.09. The SMILES string of the molecule is CCc1c(CCCO)[nH]c2ccc(C)cc12. The van der Waals surface area contributed by atoms with Crippen molar-refractivity contribution < 1.29 is 5.11 Å². The lowest BCUT2D eigenvalue weighted by molar-refractivity contribution is 0.288. The molecule has 0 unspecified atom stereocenters. The molecule has 0 aliphatic rings. The number of rotatable bonds is 4. The lowest BCUT2D eigenvalue weighted by Crippen LogP contribution is -1.93. The number of hydrogen-bond donors (Lipinski definition) is 2. The van der Waals surface area contributed by atoms with Crippen molar-refractivity contribution in [1.29, 1.82) is 0 Å². The van der Waals surface area contributed by atoms with E-state index in [-0.39, 0.29) is 6.61 Å². The van der Waals surface area contributed by atoms with Gasteiger partial charge in [-0.25, -0.2) is 0 Å². The monoisotopic (exact) mass is 217 g/mol. The maximum absolute atomic E-state index is 8.90. The zero-order valence-electron chi connectivity index (χ0n) is 10.0. The summed E-state index contributed by atoms with van der Waals surface area (Å²) in [7, 11) is 0. The van der Waals surface area contributed by atoms with Crippen LogP contribution in [0, 0.1) is 6.92 Å². The first-order valence-corrected chi connectivity index (χ1v) is 5.97. The van der Waals surface area contributed by atoms with Crippen LogP contribution in [0.25, 0.3) is 10.9 Å². The van der Waals surface area contributed by atoms with Crippen molar-refractivity contribution in [3.8, 4) is 0 Å². The van der Waals surface area contributed by atoms with Crippen LogP contribution in [0.1, 0.15) is 30.2 Å². The summed E-state index contributed by atoms with van der Waals surface area (Å²) in [5, 5.41) is 10.2. The molecular weight excluding hydrogens is 198 g/mol. The number of H-pyrrole nitrogens is 1. The molecule has 86 valence electrons. The van der Waals surface area contributed by atoms with Gasteiger partial charge in [0, 0.05) is 23.2 Å². The minimum absolute atomic E-state index is 0.261. The Morgan fingerprint density at radius 3 is 2.81 bits per heavy atom. The fourth-order valence-electron chi connectivity index (χ4n) is 2.29. The number of nitrogens with one attached hydrogen (secondary N) is 1. The number of benzene rings is 1. The van der Waals surface area contributed by atoms with E-state index in [4.69, 9.17) is 5.11 Å². The van der Waals surface area contributed by atoms with Gasteiger partial charge in [-0.1, -0.05) is 18.6 Å². The third kappa shape index (κ3) is 1.98. The van der Waals surface area contributed by atoms with Gasteiger partial charge in [-0.15, -0.1) is 0 Å². The van der Waals surface area contributed by atoms with E-state index in [1.165, 1.54) is 27.7 Å². The highest BCUT2D eigenvalue weighted by Crippen LogP contribution is 2.25. The van der Waals surface area contributed by atoms with Gasteiger partial charge >= 0.3 is 0 Å². The molecule has 1 aromatic carbocycles. The van der Waals surface area contributed by atoms with Gasteiger partial charge in [-0.05, 0) is 43.9 Å². The summed E-state index contributed by atoms with van der Waals surface area (Å²) in [6.07, 6.45) is 2.82. The number of aliphatic hydroxyl groups is 1. The summed E-state index contributed by atoms with van der Waals surface area (Å²) in [5.41, 5.74) is 5.22. The molecule has 0 saturated carbocycles. The maximum atomic E-state index is 8.90. The Morgan fingerprint density at radius 2 is 2.12 bits per heavy atom. The molecule has 1 aromatic heterocycles. The highest BCUT2D eigenvalue weighted by Gasteiger charge is 2.09. The highest BCUT2D eigenvalue weighted by molar-refractivity contribution is 5.85. The molecule has 0 fully saturated rings.